The molecular formula is C10H9N3O. The molecule has 1 aliphatic heterocycles. The first-order valence-electron chi connectivity index (χ1n) is 4.48. The number of aliphatic hydroxyl groups excluding tert-OH is 1. The number of para-hydroxylation sites is 1. The van der Waals surface area contributed by atoms with Gasteiger partial charge in [0.05, 0.1) is 5.52 Å². The van der Waals surface area contributed by atoms with E-state index < -0.39 is 6.23 Å². The summed E-state index contributed by atoms with van der Waals surface area (Å²) >= 11 is 0. The van der Waals surface area contributed by atoms with Crippen molar-refractivity contribution in [3.05, 3.63) is 29.8 Å². The van der Waals surface area contributed by atoms with Crippen LogP contribution in [0.1, 0.15) is 18.7 Å². The molecule has 0 amide bonds. The topological polar surface area (TPSA) is 50.9 Å². The van der Waals surface area contributed by atoms with Crippen molar-refractivity contribution in [3.8, 4) is 0 Å². The molecule has 4 nitrogen and oxygen atoms in total. The second-order valence-electron chi connectivity index (χ2n) is 3.47. The smallest absolute Gasteiger partial charge is 0.169 e. The molecule has 1 aliphatic rings. The fourth-order valence-electron chi connectivity index (χ4n) is 1.88. The molecule has 1 unspecified atom stereocenters. The minimum atomic E-state index is -0.685. The summed E-state index contributed by atoms with van der Waals surface area (Å²) < 4.78 is 1.54. The van der Waals surface area contributed by atoms with Crippen LogP contribution in [-0.4, -0.2) is 20.1 Å². The molecule has 0 bridgehead atoms. The lowest BCUT2D eigenvalue weighted by Crippen LogP contribution is -2.12. The van der Waals surface area contributed by atoms with Gasteiger partial charge in [-0.15, -0.1) is 5.10 Å². The van der Waals surface area contributed by atoms with Crippen LogP contribution in [0, 0.1) is 0 Å². The minimum absolute atomic E-state index is 0.685. The Bertz CT molecular complexity index is 541. The second-order valence-corrected chi connectivity index (χ2v) is 3.47. The number of aromatic nitrogens is 3. The predicted octanol–water partition coefficient (Wildman–Crippen LogP) is 1.34. The molecule has 0 aliphatic carbocycles. The average molecular weight is 187 g/mol. The van der Waals surface area contributed by atoms with Gasteiger partial charge in [0.25, 0.3) is 0 Å². The summed E-state index contributed by atoms with van der Waals surface area (Å²) in [6.07, 6.45) is 1.09. The van der Waals surface area contributed by atoms with Gasteiger partial charge in [-0.3, -0.25) is 0 Å². The molecule has 0 spiro atoms. The standard InChI is InChI=1S/C10H9N3O/c1-6-5-9(14)13-10-7(6)3-2-4-8(10)11-12-13/h2-5,9,14H,1H3. The molecule has 0 saturated carbocycles. The number of allylic oxidation sites excluding steroid dienone is 1. The minimum Gasteiger partial charge on any atom is -0.368 e. The van der Waals surface area contributed by atoms with Crippen molar-refractivity contribution >= 4 is 16.6 Å². The van der Waals surface area contributed by atoms with Crippen molar-refractivity contribution in [3.63, 3.8) is 0 Å². The molecule has 0 fully saturated rings. The van der Waals surface area contributed by atoms with Crippen LogP contribution in [0.15, 0.2) is 24.3 Å². The summed E-state index contributed by atoms with van der Waals surface area (Å²) in [6, 6.07) is 5.86. The zero-order chi connectivity index (χ0) is 9.71. The molecule has 1 aromatic heterocycles. The highest BCUT2D eigenvalue weighted by Gasteiger charge is 2.19. The van der Waals surface area contributed by atoms with Crippen LogP contribution in [0.5, 0.6) is 0 Å². The van der Waals surface area contributed by atoms with Gasteiger partial charge in [0.2, 0.25) is 0 Å². The van der Waals surface area contributed by atoms with Crippen LogP contribution >= 0.6 is 0 Å². The first-order chi connectivity index (χ1) is 6.77. The Balaban J connectivity index is 2.50. The average Bonchev–Trinajstić information content (AvgIpc) is 2.59. The molecule has 1 aromatic carbocycles. The molecule has 1 N–H and O–H groups in total. The largest absolute Gasteiger partial charge is 0.368 e. The monoisotopic (exact) mass is 187 g/mol. The van der Waals surface area contributed by atoms with Crippen molar-refractivity contribution in [2.75, 3.05) is 0 Å². The van der Waals surface area contributed by atoms with Crippen LogP contribution < -0.4 is 0 Å². The summed E-state index contributed by atoms with van der Waals surface area (Å²) in [4.78, 5) is 0. The number of aliphatic hydroxyl groups is 1. The van der Waals surface area contributed by atoms with Crippen LogP contribution in [0.25, 0.3) is 16.6 Å². The maximum Gasteiger partial charge on any atom is 0.169 e. The van der Waals surface area contributed by atoms with E-state index in [9.17, 15) is 5.11 Å². The maximum absolute atomic E-state index is 9.72. The third kappa shape index (κ3) is 0.807. The quantitative estimate of drug-likeness (QED) is 0.677. The molecule has 2 heterocycles. The van der Waals surface area contributed by atoms with Crippen LogP contribution in [-0.2, 0) is 0 Å². The Morgan fingerprint density at radius 1 is 1.43 bits per heavy atom. The van der Waals surface area contributed by atoms with Gasteiger partial charge in [0, 0.05) is 5.56 Å². The van der Waals surface area contributed by atoms with E-state index >= 15 is 0 Å². The lowest BCUT2D eigenvalue weighted by Gasteiger charge is -2.16. The molecule has 0 radical (unpaired) electrons. The molecule has 70 valence electrons. The highest BCUT2D eigenvalue weighted by Crippen LogP contribution is 2.30. The van der Waals surface area contributed by atoms with Crippen LogP contribution in [0.3, 0.4) is 0 Å². The number of nitrogens with zero attached hydrogens (tertiary/aromatic N) is 3. The number of hydrogen-bond donors (Lipinski definition) is 1. The molecule has 1 atom stereocenters. The number of benzene rings is 1. The summed E-state index contributed by atoms with van der Waals surface area (Å²) in [5, 5.41) is 17.6. The van der Waals surface area contributed by atoms with E-state index in [1.807, 2.05) is 25.1 Å². The first kappa shape index (κ1) is 7.70. The third-order valence-corrected chi connectivity index (χ3v) is 2.57. The van der Waals surface area contributed by atoms with E-state index in [-0.39, 0.29) is 0 Å². The van der Waals surface area contributed by atoms with Crippen LogP contribution in [0.4, 0.5) is 0 Å². The van der Waals surface area contributed by atoms with Gasteiger partial charge >= 0.3 is 0 Å². The number of hydrogen-bond acceptors (Lipinski definition) is 3. The first-order valence-corrected chi connectivity index (χ1v) is 4.48. The summed E-state index contributed by atoms with van der Waals surface area (Å²) in [5.41, 5.74) is 3.91. The zero-order valence-corrected chi connectivity index (χ0v) is 7.68. The Hall–Kier alpha value is -1.68. The van der Waals surface area contributed by atoms with E-state index in [1.165, 1.54) is 4.68 Å². The predicted molar refractivity (Wildman–Crippen MR) is 52.4 cm³/mol. The Morgan fingerprint density at radius 3 is 3.14 bits per heavy atom. The van der Waals surface area contributed by atoms with Gasteiger partial charge in [-0.1, -0.05) is 17.3 Å². The van der Waals surface area contributed by atoms with E-state index in [1.54, 1.807) is 6.08 Å². The molecular weight excluding hydrogens is 178 g/mol. The van der Waals surface area contributed by atoms with E-state index in [0.29, 0.717) is 0 Å². The highest BCUT2D eigenvalue weighted by atomic mass is 16.3. The summed E-state index contributed by atoms with van der Waals surface area (Å²) in [6.45, 7) is 1.98. The van der Waals surface area contributed by atoms with Gasteiger partial charge in [-0.05, 0) is 24.6 Å². The highest BCUT2D eigenvalue weighted by molar-refractivity contribution is 5.89. The van der Waals surface area contributed by atoms with Gasteiger partial charge in [-0.2, -0.15) is 0 Å². The van der Waals surface area contributed by atoms with Crippen molar-refractivity contribution in [1.29, 1.82) is 0 Å². The van der Waals surface area contributed by atoms with Crippen molar-refractivity contribution in [2.45, 2.75) is 13.2 Å². The SMILES string of the molecule is CC1=CC(O)n2nnc3cccc1c32. The van der Waals surface area contributed by atoms with Gasteiger partial charge in [0.15, 0.2) is 6.23 Å². The molecule has 4 heteroatoms. The van der Waals surface area contributed by atoms with Gasteiger partial charge in [-0.25, -0.2) is 4.68 Å². The van der Waals surface area contributed by atoms with Crippen molar-refractivity contribution in [2.24, 2.45) is 0 Å². The molecule has 14 heavy (non-hydrogen) atoms. The molecule has 0 saturated heterocycles. The Morgan fingerprint density at radius 2 is 2.29 bits per heavy atom. The second kappa shape index (κ2) is 2.42. The van der Waals surface area contributed by atoms with E-state index in [2.05, 4.69) is 10.3 Å². The maximum atomic E-state index is 9.72. The Kier molecular flexibility index (Phi) is 1.33. The fraction of sp³-hybridized carbons (Fsp3) is 0.200. The fourth-order valence-corrected chi connectivity index (χ4v) is 1.88. The molecule has 2 aromatic rings. The lowest BCUT2D eigenvalue weighted by atomic mass is 10.0. The normalized spacial score (nSPS) is 19.9. The zero-order valence-electron chi connectivity index (χ0n) is 7.68. The summed E-state index contributed by atoms with van der Waals surface area (Å²) in [5.74, 6) is 0. The third-order valence-electron chi connectivity index (χ3n) is 2.57. The lowest BCUT2D eigenvalue weighted by molar-refractivity contribution is 0.142. The Labute approximate surface area is 80.5 Å². The van der Waals surface area contributed by atoms with E-state index in [4.69, 9.17) is 0 Å². The van der Waals surface area contributed by atoms with Crippen molar-refractivity contribution in [1.82, 2.24) is 15.0 Å². The van der Waals surface area contributed by atoms with Gasteiger partial charge < -0.3 is 5.11 Å². The number of rotatable bonds is 0. The molecule has 3 rings (SSSR count). The van der Waals surface area contributed by atoms with Gasteiger partial charge in [0.1, 0.15) is 5.52 Å². The van der Waals surface area contributed by atoms with E-state index in [0.717, 1.165) is 22.2 Å². The summed E-state index contributed by atoms with van der Waals surface area (Å²) in [7, 11) is 0. The van der Waals surface area contributed by atoms with Crippen LogP contribution in [0.2, 0.25) is 0 Å². The van der Waals surface area contributed by atoms with Crippen molar-refractivity contribution < 1.29 is 5.11 Å².